The Kier molecular flexibility index (Phi) is 4.48. The van der Waals surface area contributed by atoms with Gasteiger partial charge in [-0.15, -0.1) is 0 Å². The van der Waals surface area contributed by atoms with Crippen molar-refractivity contribution in [1.82, 2.24) is 9.80 Å². The molecule has 2 aliphatic rings. The average molecular weight is 290 g/mol. The Morgan fingerprint density at radius 3 is 2.62 bits per heavy atom. The first kappa shape index (κ1) is 14.8. The van der Waals surface area contributed by atoms with E-state index in [0.717, 1.165) is 51.3 Å². The van der Waals surface area contributed by atoms with Gasteiger partial charge in [-0.05, 0) is 50.0 Å². The second kappa shape index (κ2) is 6.34. The summed E-state index contributed by atoms with van der Waals surface area (Å²) in [6, 6.07) is 7.41. The molecule has 1 aromatic carbocycles. The van der Waals surface area contributed by atoms with Crippen LogP contribution in [0, 0.1) is 0 Å². The summed E-state index contributed by atoms with van der Waals surface area (Å²) >= 11 is 0. The number of hydrogen-bond acceptors (Lipinski definition) is 4. The van der Waals surface area contributed by atoms with Crippen LogP contribution in [-0.2, 0) is 6.54 Å². The fourth-order valence-corrected chi connectivity index (χ4v) is 3.65. The van der Waals surface area contributed by atoms with Crippen LogP contribution < -0.4 is 0 Å². The molecule has 0 spiro atoms. The Balaban J connectivity index is 1.54. The van der Waals surface area contributed by atoms with Crippen LogP contribution in [0.2, 0.25) is 0 Å². The molecule has 2 aliphatic heterocycles. The molecule has 0 aliphatic carbocycles. The Morgan fingerprint density at radius 2 is 1.86 bits per heavy atom. The molecule has 21 heavy (non-hydrogen) atoms. The summed E-state index contributed by atoms with van der Waals surface area (Å²) in [6.07, 6.45) is 4.72. The molecule has 2 N–H and O–H groups in total. The summed E-state index contributed by atoms with van der Waals surface area (Å²) in [4.78, 5) is 4.71. The molecule has 3 rings (SSSR count). The summed E-state index contributed by atoms with van der Waals surface area (Å²) in [5.74, 6) is 0.315. The lowest BCUT2D eigenvalue weighted by Crippen LogP contribution is -2.46. The zero-order valence-corrected chi connectivity index (χ0v) is 12.7. The number of phenols is 1. The third-order valence-corrected chi connectivity index (χ3v) is 4.69. The summed E-state index contributed by atoms with van der Waals surface area (Å²) in [6.45, 7) is 5.54. The van der Waals surface area contributed by atoms with Gasteiger partial charge in [-0.1, -0.05) is 18.6 Å². The molecule has 0 unspecified atom stereocenters. The number of benzene rings is 1. The van der Waals surface area contributed by atoms with Gasteiger partial charge in [0.25, 0.3) is 0 Å². The van der Waals surface area contributed by atoms with Gasteiger partial charge in [-0.25, -0.2) is 0 Å². The maximum atomic E-state index is 10.8. The van der Waals surface area contributed by atoms with E-state index in [9.17, 15) is 10.2 Å². The first-order valence-electron chi connectivity index (χ1n) is 8.08. The molecular formula is C17H26N2O2. The molecule has 0 amide bonds. The number of rotatable bonds is 4. The largest absolute Gasteiger partial charge is 0.508 e. The van der Waals surface area contributed by atoms with Crippen LogP contribution in [0.25, 0.3) is 0 Å². The molecule has 2 saturated heterocycles. The van der Waals surface area contributed by atoms with Gasteiger partial charge >= 0.3 is 0 Å². The number of aliphatic hydroxyl groups is 1. The molecule has 0 saturated carbocycles. The van der Waals surface area contributed by atoms with Crippen LogP contribution >= 0.6 is 0 Å². The van der Waals surface area contributed by atoms with Crippen molar-refractivity contribution in [2.45, 2.75) is 37.8 Å². The molecule has 1 aromatic rings. The van der Waals surface area contributed by atoms with Gasteiger partial charge < -0.3 is 15.1 Å². The van der Waals surface area contributed by atoms with Crippen molar-refractivity contribution in [1.29, 1.82) is 0 Å². The monoisotopic (exact) mass is 290 g/mol. The van der Waals surface area contributed by atoms with E-state index in [4.69, 9.17) is 0 Å². The maximum absolute atomic E-state index is 10.8. The van der Waals surface area contributed by atoms with E-state index in [0.29, 0.717) is 5.75 Å². The Labute approximate surface area is 127 Å². The number of piperidine rings is 1. The zero-order valence-electron chi connectivity index (χ0n) is 12.7. The number of hydrogen-bond donors (Lipinski definition) is 2. The highest BCUT2D eigenvalue weighted by atomic mass is 16.3. The first-order chi connectivity index (χ1) is 10.1. The lowest BCUT2D eigenvalue weighted by molar-refractivity contribution is 0.00635. The second-order valence-electron chi connectivity index (χ2n) is 6.69. The van der Waals surface area contributed by atoms with Crippen molar-refractivity contribution >= 4 is 0 Å². The van der Waals surface area contributed by atoms with Crippen LogP contribution in [0.1, 0.15) is 31.2 Å². The highest BCUT2D eigenvalue weighted by molar-refractivity contribution is 5.27. The van der Waals surface area contributed by atoms with E-state index in [-0.39, 0.29) is 0 Å². The predicted octanol–water partition coefficient (Wildman–Crippen LogP) is 1.81. The minimum atomic E-state index is -0.561. The summed E-state index contributed by atoms with van der Waals surface area (Å²) < 4.78 is 0. The van der Waals surface area contributed by atoms with Crippen LogP contribution in [0.5, 0.6) is 5.75 Å². The molecule has 0 aromatic heterocycles. The van der Waals surface area contributed by atoms with Crippen LogP contribution in [0.15, 0.2) is 24.3 Å². The van der Waals surface area contributed by atoms with Gasteiger partial charge in [-0.2, -0.15) is 0 Å². The van der Waals surface area contributed by atoms with E-state index >= 15 is 0 Å². The fourth-order valence-electron chi connectivity index (χ4n) is 3.65. The third-order valence-electron chi connectivity index (χ3n) is 4.69. The number of phenolic OH excluding ortho intramolecular Hbond substituents is 1. The lowest BCUT2D eigenvalue weighted by atomic mass is 10.0. The summed E-state index contributed by atoms with van der Waals surface area (Å²) in [5, 5.41) is 20.3. The number of likely N-dealkylation sites (tertiary alicyclic amines) is 2. The van der Waals surface area contributed by atoms with Crippen molar-refractivity contribution < 1.29 is 10.2 Å². The van der Waals surface area contributed by atoms with E-state index in [2.05, 4.69) is 9.80 Å². The molecule has 4 nitrogen and oxygen atoms in total. The molecule has 2 fully saturated rings. The SMILES string of the molecule is Oc1cccc(CN2CC[C@@](O)(CN3CCCCC3)C2)c1. The van der Waals surface area contributed by atoms with Crippen molar-refractivity contribution in [3.63, 3.8) is 0 Å². The highest BCUT2D eigenvalue weighted by Crippen LogP contribution is 2.26. The number of β-amino-alcohol motifs (C(OH)–C–C–N with tert-alkyl or cyclic N) is 1. The molecular weight excluding hydrogens is 264 g/mol. The van der Waals surface area contributed by atoms with E-state index < -0.39 is 5.60 Å². The quantitative estimate of drug-likeness (QED) is 0.888. The number of aromatic hydroxyl groups is 1. The van der Waals surface area contributed by atoms with Crippen molar-refractivity contribution in [2.75, 3.05) is 32.7 Å². The first-order valence-corrected chi connectivity index (χ1v) is 8.08. The van der Waals surface area contributed by atoms with Crippen LogP contribution in [0.4, 0.5) is 0 Å². The maximum Gasteiger partial charge on any atom is 0.115 e. The molecule has 2 heterocycles. The predicted molar refractivity (Wildman–Crippen MR) is 83.2 cm³/mol. The van der Waals surface area contributed by atoms with Crippen molar-refractivity contribution in [3.05, 3.63) is 29.8 Å². The topological polar surface area (TPSA) is 46.9 Å². The van der Waals surface area contributed by atoms with Crippen molar-refractivity contribution in [2.24, 2.45) is 0 Å². The zero-order chi connectivity index (χ0) is 14.7. The molecule has 1 atom stereocenters. The number of nitrogens with zero attached hydrogens (tertiary/aromatic N) is 2. The van der Waals surface area contributed by atoms with Gasteiger partial charge in [0, 0.05) is 26.2 Å². The fraction of sp³-hybridized carbons (Fsp3) is 0.647. The van der Waals surface area contributed by atoms with E-state index in [1.807, 2.05) is 18.2 Å². The standard InChI is InChI=1S/C17H26N2O2/c20-16-6-4-5-15(11-16)12-19-10-7-17(21,14-19)13-18-8-2-1-3-9-18/h4-6,11,20-21H,1-3,7-10,12-14H2/t17-/m1/s1. The molecule has 116 valence electrons. The van der Waals surface area contributed by atoms with Crippen LogP contribution in [0.3, 0.4) is 0 Å². The smallest absolute Gasteiger partial charge is 0.115 e. The van der Waals surface area contributed by atoms with Crippen molar-refractivity contribution in [3.8, 4) is 5.75 Å². The second-order valence-corrected chi connectivity index (χ2v) is 6.69. The summed E-state index contributed by atoms with van der Waals surface area (Å²) in [5.41, 5.74) is 0.547. The Hall–Kier alpha value is -1.10. The lowest BCUT2D eigenvalue weighted by Gasteiger charge is -2.33. The van der Waals surface area contributed by atoms with Gasteiger partial charge in [0.2, 0.25) is 0 Å². The minimum absolute atomic E-state index is 0.315. The Bertz CT molecular complexity index is 474. The highest BCUT2D eigenvalue weighted by Gasteiger charge is 2.37. The molecule has 0 radical (unpaired) electrons. The third kappa shape index (κ3) is 3.96. The molecule has 0 bridgehead atoms. The minimum Gasteiger partial charge on any atom is -0.508 e. The van der Waals surface area contributed by atoms with Crippen LogP contribution in [-0.4, -0.2) is 58.3 Å². The van der Waals surface area contributed by atoms with E-state index in [1.54, 1.807) is 6.07 Å². The van der Waals surface area contributed by atoms with Gasteiger partial charge in [-0.3, -0.25) is 4.90 Å². The van der Waals surface area contributed by atoms with E-state index in [1.165, 1.54) is 19.3 Å². The molecule has 4 heteroatoms. The van der Waals surface area contributed by atoms with Gasteiger partial charge in [0.15, 0.2) is 0 Å². The van der Waals surface area contributed by atoms with Gasteiger partial charge in [0.1, 0.15) is 5.75 Å². The average Bonchev–Trinajstić information content (AvgIpc) is 2.81. The van der Waals surface area contributed by atoms with Gasteiger partial charge in [0.05, 0.1) is 5.60 Å². The normalized spacial score (nSPS) is 28.0. The Morgan fingerprint density at radius 1 is 1.05 bits per heavy atom. The summed E-state index contributed by atoms with van der Waals surface area (Å²) in [7, 11) is 0.